The Morgan fingerprint density at radius 3 is 2.10 bits per heavy atom. The second kappa shape index (κ2) is 7.20. The number of ether oxygens (including phenoxy) is 1. The largest absolute Gasteiger partial charge is 0.390 e. The molecule has 0 aromatic carbocycles. The molecule has 2 unspecified atom stereocenters. The predicted octanol–water partition coefficient (Wildman–Crippen LogP) is 1.91. The molecule has 0 saturated carbocycles. The summed E-state index contributed by atoms with van der Waals surface area (Å²) in [5, 5.41) is 10.3. The molecule has 2 atom stereocenters. The lowest BCUT2D eigenvalue weighted by Gasteiger charge is -2.39. The molecular weight excluding hydrogens is 278 g/mol. The van der Waals surface area contributed by atoms with Gasteiger partial charge in [0.25, 0.3) is 0 Å². The van der Waals surface area contributed by atoms with E-state index in [9.17, 15) is 13.5 Å². The van der Waals surface area contributed by atoms with Gasteiger partial charge in [0.15, 0.2) is 0 Å². The molecule has 0 spiro atoms. The van der Waals surface area contributed by atoms with Crippen molar-refractivity contribution in [3.05, 3.63) is 0 Å². The lowest BCUT2D eigenvalue weighted by molar-refractivity contribution is -0.0185. The standard InChI is InChI=1S/C14H31NO4S/c1-8-14(6,16)10-13(4,5)12(9-19-11(2)3)15-20(7,17)18/h11-12,15-16H,8-10H2,1-7H3. The normalized spacial score (nSPS) is 18.1. The number of aliphatic hydroxyl groups is 1. The first-order valence-corrected chi connectivity index (χ1v) is 8.99. The first kappa shape index (κ1) is 19.8. The Kier molecular flexibility index (Phi) is 7.14. The highest BCUT2D eigenvalue weighted by Gasteiger charge is 2.37. The van der Waals surface area contributed by atoms with Gasteiger partial charge in [-0.05, 0) is 39.0 Å². The summed E-state index contributed by atoms with van der Waals surface area (Å²) in [6.07, 6.45) is 2.28. The predicted molar refractivity (Wildman–Crippen MR) is 82.2 cm³/mol. The maximum Gasteiger partial charge on any atom is 0.209 e. The Labute approximate surface area is 124 Å². The SMILES string of the molecule is CCC(C)(O)CC(C)(C)C(COC(C)C)NS(C)(=O)=O. The van der Waals surface area contributed by atoms with Gasteiger partial charge in [0.05, 0.1) is 30.6 Å². The van der Waals surface area contributed by atoms with Crippen LogP contribution >= 0.6 is 0 Å². The third kappa shape index (κ3) is 8.19. The van der Waals surface area contributed by atoms with Crippen LogP contribution in [0.3, 0.4) is 0 Å². The van der Waals surface area contributed by atoms with Gasteiger partial charge < -0.3 is 9.84 Å². The Morgan fingerprint density at radius 1 is 1.25 bits per heavy atom. The number of nitrogens with one attached hydrogen (secondary N) is 1. The van der Waals surface area contributed by atoms with Crippen molar-refractivity contribution in [2.75, 3.05) is 12.9 Å². The van der Waals surface area contributed by atoms with E-state index in [-0.39, 0.29) is 18.8 Å². The lowest BCUT2D eigenvalue weighted by Crippen LogP contribution is -2.50. The Bertz CT molecular complexity index is 388. The van der Waals surface area contributed by atoms with E-state index in [0.29, 0.717) is 12.8 Å². The Balaban J connectivity index is 5.06. The molecule has 6 heteroatoms. The van der Waals surface area contributed by atoms with E-state index in [1.807, 2.05) is 34.6 Å². The molecule has 0 aromatic rings. The molecule has 0 fully saturated rings. The maximum absolute atomic E-state index is 11.5. The highest BCUT2D eigenvalue weighted by molar-refractivity contribution is 7.88. The van der Waals surface area contributed by atoms with E-state index in [1.165, 1.54) is 0 Å². The van der Waals surface area contributed by atoms with E-state index in [2.05, 4.69) is 4.72 Å². The molecule has 0 rings (SSSR count). The monoisotopic (exact) mass is 309 g/mol. The van der Waals surface area contributed by atoms with Crippen molar-refractivity contribution in [3.63, 3.8) is 0 Å². The van der Waals surface area contributed by atoms with Crippen LogP contribution in [0, 0.1) is 5.41 Å². The molecular formula is C14H31NO4S. The second-order valence-electron chi connectivity index (χ2n) is 6.84. The van der Waals surface area contributed by atoms with E-state index in [0.717, 1.165) is 6.26 Å². The molecule has 0 radical (unpaired) electrons. The maximum atomic E-state index is 11.5. The van der Waals surface area contributed by atoms with Crippen LogP contribution in [0.25, 0.3) is 0 Å². The minimum absolute atomic E-state index is 0.0290. The number of hydrogen-bond donors (Lipinski definition) is 2. The molecule has 5 nitrogen and oxygen atoms in total. The summed E-state index contributed by atoms with van der Waals surface area (Å²) in [4.78, 5) is 0. The average Bonchev–Trinajstić information content (AvgIpc) is 2.20. The minimum Gasteiger partial charge on any atom is -0.390 e. The van der Waals surface area contributed by atoms with Crippen LogP contribution in [-0.2, 0) is 14.8 Å². The van der Waals surface area contributed by atoms with Gasteiger partial charge in [-0.3, -0.25) is 0 Å². The van der Waals surface area contributed by atoms with Crippen LogP contribution < -0.4 is 4.72 Å². The van der Waals surface area contributed by atoms with Crippen molar-refractivity contribution < 1.29 is 18.3 Å². The van der Waals surface area contributed by atoms with Crippen molar-refractivity contribution in [1.29, 1.82) is 0 Å². The quantitative estimate of drug-likeness (QED) is 0.682. The van der Waals surface area contributed by atoms with Crippen LogP contribution in [0.15, 0.2) is 0 Å². The molecule has 0 aromatic heterocycles. The highest BCUT2D eigenvalue weighted by atomic mass is 32.2. The van der Waals surface area contributed by atoms with Crippen LogP contribution in [0.5, 0.6) is 0 Å². The molecule has 0 saturated heterocycles. The van der Waals surface area contributed by atoms with Gasteiger partial charge in [0, 0.05) is 0 Å². The third-order valence-electron chi connectivity index (χ3n) is 3.49. The van der Waals surface area contributed by atoms with E-state index < -0.39 is 21.0 Å². The molecule has 0 aliphatic rings. The number of hydrogen-bond acceptors (Lipinski definition) is 4. The zero-order valence-corrected chi connectivity index (χ0v) is 14.7. The Hall–Kier alpha value is -0.170. The van der Waals surface area contributed by atoms with Gasteiger partial charge in [-0.1, -0.05) is 20.8 Å². The summed E-state index contributed by atoms with van der Waals surface area (Å²) in [5.74, 6) is 0. The van der Waals surface area contributed by atoms with Crippen molar-refractivity contribution >= 4 is 10.0 Å². The first-order chi connectivity index (χ1) is 8.79. The lowest BCUT2D eigenvalue weighted by atomic mass is 9.75. The van der Waals surface area contributed by atoms with Gasteiger partial charge in [0.2, 0.25) is 10.0 Å². The van der Waals surface area contributed by atoms with Crippen molar-refractivity contribution in [2.45, 2.75) is 72.1 Å². The van der Waals surface area contributed by atoms with Gasteiger partial charge in [-0.2, -0.15) is 0 Å². The van der Waals surface area contributed by atoms with Gasteiger partial charge in [-0.15, -0.1) is 0 Å². The topological polar surface area (TPSA) is 75.6 Å². The van der Waals surface area contributed by atoms with Gasteiger partial charge >= 0.3 is 0 Å². The van der Waals surface area contributed by atoms with E-state index in [1.54, 1.807) is 6.92 Å². The van der Waals surface area contributed by atoms with Crippen LogP contribution in [0.2, 0.25) is 0 Å². The molecule has 0 aliphatic heterocycles. The fourth-order valence-corrected chi connectivity index (χ4v) is 3.10. The summed E-state index contributed by atoms with van der Waals surface area (Å²) >= 11 is 0. The number of sulfonamides is 1. The molecule has 0 bridgehead atoms. The first-order valence-electron chi connectivity index (χ1n) is 7.10. The summed E-state index contributed by atoms with van der Waals surface area (Å²) in [6.45, 7) is 11.7. The molecule has 0 aliphatic carbocycles. The van der Waals surface area contributed by atoms with Crippen LogP contribution in [0.1, 0.15) is 54.4 Å². The summed E-state index contributed by atoms with van der Waals surface area (Å²) in [6, 6.07) is -0.377. The summed E-state index contributed by atoms with van der Waals surface area (Å²) in [5.41, 5.74) is -1.24. The second-order valence-corrected chi connectivity index (χ2v) is 8.62. The zero-order chi connectivity index (χ0) is 16.2. The van der Waals surface area contributed by atoms with Gasteiger partial charge in [-0.25, -0.2) is 13.1 Å². The molecule has 0 heterocycles. The molecule has 20 heavy (non-hydrogen) atoms. The zero-order valence-electron chi connectivity index (χ0n) is 13.9. The number of rotatable bonds is 9. The van der Waals surface area contributed by atoms with Crippen molar-refractivity contribution in [2.24, 2.45) is 5.41 Å². The fourth-order valence-electron chi connectivity index (χ4n) is 2.20. The molecule has 122 valence electrons. The van der Waals surface area contributed by atoms with Crippen LogP contribution in [-0.4, -0.2) is 44.1 Å². The van der Waals surface area contributed by atoms with E-state index in [4.69, 9.17) is 4.74 Å². The average molecular weight is 309 g/mol. The minimum atomic E-state index is -3.33. The smallest absolute Gasteiger partial charge is 0.209 e. The third-order valence-corrected chi connectivity index (χ3v) is 4.21. The van der Waals surface area contributed by atoms with Gasteiger partial charge in [0.1, 0.15) is 0 Å². The van der Waals surface area contributed by atoms with Crippen molar-refractivity contribution in [1.82, 2.24) is 4.72 Å². The highest BCUT2D eigenvalue weighted by Crippen LogP contribution is 2.33. The summed E-state index contributed by atoms with van der Waals surface area (Å²) < 4.78 is 31.3. The Morgan fingerprint density at radius 2 is 1.75 bits per heavy atom. The molecule has 2 N–H and O–H groups in total. The van der Waals surface area contributed by atoms with Crippen molar-refractivity contribution in [3.8, 4) is 0 Å². The van der Waals surface area contributed by atoms with E-state index >= 15 is 0 Å². The molecule has 0 amide bonds. The fraction of sp³-hybridized carbons (Fsp3) is 1.00. The summed E-state index contributed by atoms with van der Waals surface area (Å²) in [7, 11) is -3.33. The van der Waals surface area contributed by atoms with Crippen LogP contribution in [0.4, 0.5) is 0 Å².